The molecule has 0 unspecified atom stereocenters. The second-order valence-corrected chi connectivity index (χ2v) is 3.09. The van der Waals surface area contributed by atoms with Crippen molar-refractivity contribution in [2.24, 2.45) is 5.92 Å². The zero-order valence-corrected chi connectivity index (χ0v) is 7.99. The molecule has 74 valence electrons. The van der Waals surface area contributed by atoms with E-state index in [0.717, 1.165) is 26.1 Å². The Kier molecular flexibility index (Phi) is 4.54. The van der Waals surface area contributed by atoms with Crippen molar-refractivity contribution in [3.8, 4) is 0 Å². The van der Waals surface area contributed by atoms with Crippen molar-refractivity contribution in [3.63, 3.8) is 0 Å². The quantitative estimate of drug-likeness (QED) is 0.493. The maximum Gasteiger partial charge on any atom is 0.330 e. The van der Waals surface area contributed by atoms with E-state index in [9.17, 15) is 4.79 Å². The van der Waals surface area contributed by atoms with Gasteiger partial charge in [-0.25, -0.2) is 4.79 Å². The van der Waals surface area contributed by atoms with E-state index >= 15 is 0 Å². The van der Waals surface area contributed by atoms with Crippen molar-refractivity contribution >= 4 is 5.97 Å². The first-order valence-electron chi connectivity index (χ1n) is 4.75. The lowest BCUT2D eigenvalue weighted by atomic mass is 10.0. The van der Waals surface area contributed by atoms with Crippen LogP contribution in [0.5, 0.6) is 0 Å². The standard InChI is InChI=1S/C10H16O3/c1-2-13-10(11)6-5-9-4-3-7-12-8-9/h5-6,9H,2-4,7-8H2,1H3/t9-/m1/s1. The molecule has 1 fully saturated rings. The average molecular weight is 184 g/mol. The second kappa shape index (κ2) is 5.75. The van der Waals surface area contributed by atoms with Crippen LogP contribution in [0, 0.1) is 5.92 Å². The Morgan fingerprint density at radius 3 is 3.15 bits per heavy atom. The Labute approximate surface area is 78.7 Å². The van der Waals surface area contributed by atoms with Gasteiger partial charge >= 0.3 is 5.97 Å². The maximum atomic E-state index is 10.9. The molecular formula is C10H16O3. The van der Waals surface area contributed by atoms with Gasteiger partial charge in [-0.05, 0) is 19.8 Å². The first-order chi connectivity index (χ1) is 6.33. The molecule has 1 rings (SSSR count). The lowest BCUT2D eigenvalue weighted by molar-refractivity contribution is -0.137. The van der Waals surface area contributed by atoms with Crippen LogP contribution in [-0.2, 0) is 14.3 Å². The number of hydrogen-bond acceptors (Lipinski definition) is 3. The molecule has 3 heteroatoms. The van der Waals surface area contributed by atoms with E-state index in [1.54, 1.807) is 6.92 Å². The number of carbonyl (C=O) groups excluding carboxylic acids is 1. The molecule has 1 aliphatic heterocycles. The van der Waals surface area contributed by atoms with E-state index in [1.165, 1.54) is 6.08 Å². The van der Waals surface area contributed by atoms with Gasteiger partial charge in [0, 0.05) is 18.6 Å². The van der Waals surface area contributed by atoms with Crippen molar-refractivity contribution < 1.29 is 14.3 Å². The van der Waals surface area contributed by atoms with Crippen molar-refractivity contribution in [1.82, 2.24) is 0 Å². The fraction of sp³-hybridized carbons (Fsp3) is 0.700. The summed E-state index contributed by atoms with van der Waals surface area (Å²) in [5.74, 6) is 0.131. The van der Waals surface area contributed by atoms with Crippen LogP contribution in [0.25, 0.3) is 0 Å². The maximum absolute atomic E-state index is 10.9. The smallest absolute Gasteiger partial charge is 0.330 e. The summed E-state index contributed by atoms with van der Waals surface area (Å²) >= 11 is 0. The highest BCUT2D eigenvalue weighted by molar-refractivity contribution is 5.81. The third kappa shape index (κ3) is 4.08. The Balaban J connectivity index is 2.24. The number of rotatable bonds is 3. The minimum atomic E-state index is -0.256. The summed E-state index contributed by atoms with van der Waals surface area (Å²) in [6, 6.07) is 0. The predicted molar refractivity (Wildman–Crippen MR) is 49.3 cm³/mol. The number of ether oxygens (including phenoxy) is 2. The van der Waals surface area contributed by atoms with E-state index in [0.29, 0.717) is 12.5 Å². The van der Waals surface area contributed by atoms with Gasteiger partial charge in [0.05, 0.1) is 13.2 Å². The van der Waals surface area contributed by atoms with Crippen LogP contribution in [-0.4, -0.2) is 25.8 Å². The number of esters is 1. The van der Waals surface area contributed by atoms with Gasteiger partial charge in [0.25, 0.3) is 0 Å². The fourth-order valence-corrected chi connectivity index (χ4v) is 1.32. The summed E-state index contributed by atoms with van der Waals surface area (Å²) in [6.45, 7) is 3.82. The number of carbonyl (C=O) groups is 1. The molecule has 0 bridgehead atoms. The zero-order valence-electron chi connectivity index (χ0n) is 7.99. The molecule has 0 saturated carbocycles. The van der Waals surface area contributed by atoms with Crippen LogP contribution in [0.2, 0.25) is 0 Å². The van der Waals surface area contributed by atoms with Gasteiger partial charge in [-0.2, -0.15) is 0 Å². The number of hydrogen-bond donors (Lipinski definition) is 0. The van der Waals surface area contributed by atoms with Crippen LogP contribution >= 0.6 is 0 Å². The molecule has 1 aliphatic rings. The Morgan fingerprint density at radius 1 is 1.69 bits per heavy atom. The van der Waals surface area contributed by atoms with Crippen LogP contribution in [0.15, 0.2) is 12.2 Å². The normalized spacial score (nSPS) is 23.3. The van der Waals surface area contributed by atoms with E-state index in [4.69, 9.17) is 9.47 Å². The summed E-state index contributed by atoms with van der Waals surface area (Å²) in [6.07, 6.45) is 5.58. The summed E-state index contributed by atoms with van der Waals surface area (Å²) < 4.78 is 10.0. The van der Waals surface area contributed by atoms with Crippen molar-refractivity contribution in [3.05, 3.63) is 12.2 Å². The molecule has 0 aromatic carbocycles. The van der Waals surface area contributed by atoms with Gasteiger partial charge < -0.3 is 9.47 Å². The zero-order chi connectivity index (χ0) is 9.52. The second-order valence-electron chi connectivity index (χ2n) is 3.09. The van der Waals surface area contributed by atoms with Gasteiger partial charge in [-0.3, -0.25) is 0 Å². The largest absolute Gasteiger partial charge is 0.463 e. The van der Waals surface area contributed by atoms with Gasteiger partial charge in [-0.15, -0.1) is 0 Å². The predicted octanol–water partition coefficient (Wildman–Crippen LogP) is 1.53. The summed E-state index contributed by atoms with van der Waals surface area (Å²) in [5.41, 5.74) is 0. The highest BCUT2D eigenvalue weighted by atomic mass is 16.5. The molecule has 1 saturated heterocycles. The van der Waals surface area contributed by atoms with Gasteiger partial charge in [0.1, 0.15) is 0 Å². The minimum Gasteiger partial charge on any atom is -0.463 e. The highest BCUT2D eigenvalue weighted by Gasteiger charge is 2.10. The van der Waals surface area contributed by atoms with Crippen molar-refractivity contribution in [2.75, 3.05) is 19.8 Å². The summed E-state index contributed by atoms with van der Waals surface area (Å²) in [4.78, 5) is 10.9. The van der Waals surface area contributed by atoms with E-state index in [-0.39, 0.29) is 5.97 Å². The third-order valence-electron chi connectivity index (χ3n) is 1.99. The van der Waals surface area contributed by atoms with Gasteiger partial charge in [0.2, 0.25) is 0 Å². The minimum absolute atomic E-state index is 0.256. The molecule has 1 heterocycles. The Morgan fingerprint density at radius 2 is 2.54 bits per heavy atom. The summed E-state index contributed by atoms with van der Waals surface area (Å²) in [5, 5.41) is 0. The van der Waals surface area contributed by atoms with Crippen LogP contribution in [0.3, 0.4) is 0 Å². The molecule has 0 aromatic heterocycles. The van der Waals surface area contributed by atoms with Gasteiger partial charge in [-0.1, -0.05) is 6.08 Å². The van der Waals surface area contributed by atoms with Crippen LogP contribution in [0.4, 0.5) is 0 Å². The highest BCUT2D eigenvalue weighted by Crippen LogP contribution is 2.14. The van der Waals surface area contributed by atoms with E-state index < -0.39 is 0 Å². The van der Waals surface area contributed by atoms with Crippen LogP contribution < -0.4 is 0 Å². The molecule has 0 amide bonds. The molecule has 1 atom stereocenters. The molecule has 0 radical (unpaired) electrons. The molecule has 0 aromatic rings. The molecule has 0 N–H and O–H groups in total. The third-order valence-corrected chi connectivity index (χ3v) is 1.99. The van der Waals surface area contributed by atoms with E-state index in [2.05, 4.69) is 0 Å². The molecule has 13 heavy (non-hydrogen) atoms. The lowest BCUT2D eigenvalue weighted by Gasteiger charge is -2.18. The van der Waals surface area contributed by atoms with E-state index in [1.807, 2.05) is 6.08 Å². The van der Waals surface area contributed by atoms with Crippen molar-refractivity contribution in [1.29, 1.82) is 0 Å². The van der Waals surface area contributed by atoms with Crippen LogP contribution in [0.1, 0.15) is 19.8 Å². The molecule has 3 nitrogen and oxygen atoms in total. The lowest BCUT2D eigenvalue weighted by Crippen LogP contribution is -2.15. The first-order valence-corrected chi connectivity index (χ1v) is 4.75. The molecule has 0 aliphatic carbocycles. The SMILES string of the molecule is CCOC(=O)C=C[C@H]1CCCOC1. The molecular weight excluding hydrogens is 168 g/mol. The average Bonchev–Trinajstić information content (AvgIpc) is 2.17. The van der Waals surface area contributed by atoms with Gasteiger partial charge in [0.15, 0.2) is 0 Å². The topological polar surface area (TPSA) is 35.5 Å². The monoisotopic (exact) mass is 184 g/mol. The fourth-order valence-electron chi connectivity index (χ4n) is 1.32. The first kappa shape index (κ1) is 10.3. The Hall–Kier alpha value is -0.830. The van der Waals surface area contributed by atoms with Crippen molar-refractivity contribution in [2.45, 2.75) is 19.8 Å². The summed E-state index contributed by atoms with van der Waals surface area (Å²) in [7, 11) is 0. The molecule has 0 spiro atoms. The Bertz CT molecular complexity index is 181.